The maximum atomic E-state index is 2.82. The number of hydrogen-bond donors (Lipinski definition) is 0. The van der Waals surface area contributed by atoms with E-state index in [0.29, 0.717) is 0 Å². The van der Waals surface area contributed by atoms with E-state index in [-0.39, 0.29) is 17.7 Å². The molecule has 1 saturated carbocycles. The first-order chi connectivity index (χ1) is 39.9. The summed E-state index contributed by atoms with van der Waals surface area (Å²) in [6.45, 7) is 5.13. The van der Waals surface area contributed by atoms with Crippen LogP contribution in [0.5, 0.6) is 0 Å². The smallest absolute Gasteiger partial charge is 0.253 e. The van der Waals surface area contributed by atoms with Crippen molar-refractivity contribution in [3.8, 4) is 11.1 Å². The molecule has 384 valence electrons. The van der Waals surface area contributed by atoms with E-state index in [4.69, 9.17) is 0 Å². The lowest BCUT2D eigenvalue weighted by Gasteiger charge is -2.53. The molecular weight excluding hydrogens is 1020 g/mol. The van der Waals surface area contributed by atoms with Crippen LogP contribution in [0.25, 0.3) is 51.5 Å². The van der Waals surface area contributed by atoms with Gasteiger partial charge >= 0.3 is 0 Å². The maximum absolute atomic E-state index is 2.82. The highest BCUT2D eigenvalue weighted by Crippen LogP contribution is 2.63. The largest absolute Gasteiger partial charge is 0.334 e. The van der Waals surface area contributed by atoms with Gasteiger partial charge in [0, 0.05) is 91.3 Å². The molecule has 6 heterocycles. The minimum atomic E-state index is -0.634. The second kappa shape index (κ2) is 16.7. The van der Waals surface area contributed by atoms with E-state index in [1.165, 1.54) is 154 Å². The van der Waals surface area contributed by atoms with E-state index >= 15 is 0 Å². The van der Waals surface area contributed by atoms with Gasteiger partial charge in [-0.15, -0.1) is 22.7 Å². The number of hydrogen-bond acceptors (Lipinski definition) is 5. The molecule has 11 aromatic carbocycles. The molecule has 0 radical (unpaired) electrons. The van der Waals surface area contributed by atoms with Crippen LogP contribution in [0.3, 0.4) is 0 Å². The first kappa shape index (κ1) is 46.1. The summed E-state index contributed by atoms with van der Waals surface area (Å²) in [5, 5.41) is 5.25. The van der Waals surface area contributed by atoms with Crippen molar-refractivity contribution in [3.05, 3.63) is 270 Å². The Morgan fingerprint density at radius 3 is 1.43 bits per heavy atom. The summed E-state index contributed by atoms with van der Waals surface area (Å²) in [4.78, 5) is 8.20. The Morgan fingerprint density at radius 1 is 0.358 bits per heavy atom. The minimum absolute atomic E-state index is 0.0505. The fourth-order valence-corrected chi connectivity index (χ4v) is 18.7. The monoisotopic (exact) mass is 1070 g/mol. The summed E-state index contributed by atoms with van der Waals surface area (Å²) < 4.78 is 5.23. The normalized spacial score (nSPS) is 18.9. The number of thiophene rings is 2. The fourth-order valence-electron chi connectivity index (χ4n) is 16.4. The van der Waals surface area contributed by atoms with Gasteiger partial charge in [0.05, 0.1) is 11.0 Å². The van der Waals surface area contributed by atoms with E-state index in [0.717, 1.165) is 12.8 Å². The van der Waals surface area contributed by atoms with Crippen molar-refractivity contribution in [2.45, 2.75) is 55.9 Å². The van der Waals surface area contributed by atoms with Crippen LogP contribution in [0.4, 0.5) is 45.5 Å². The predicted molar refractivity (Wildman–Crippen MR) is 346 cm³/mol. The molecule has 3 nitrogen and oxygen atoms in total. The zero-order valence-electron chi connectivity index (χ0n) is 45.2. The Labute approximate surface area is 480 Å². The lowest BCUT2D eigenvalue weighted by Crippen LogP contribution is -2.68. The molecule has 13 aromatic rings. The van der Waals surface area contributed by atoms with Gasteiger partial charge in [-0.3, -0.25) is 0 Å². The number of nitrogens with zero attached hydrogens (tertiary/aromatic N) is 3. The first-order valence-corrected chi connectivity index (χ1v) is 30.5. The number of benzene rings is 11. The summed E-state index contributed by atoms with van der Waals surface area (Å²) >= 11 is 3.81. The molecule has 18 rings (SSSR count). The van der Waals surface area contributed by atoms with Gasteiger partial charge in [-0.1, -0.05) is 190 Å². The van der Waals surface area contributed by atoms with Crippen LogP contribution in [-0.2, 0) is 10.8 Å². The summed E-state index contributed by atoms with van der Waals surface area (Å²) in [7, 11) is 0. The molecule has 1 aliphatic carbocycles. The molecule has 5 aliphatic rings. The van der Waals surface area contributed by atoms with Gasteiger partial charge in [0.1, 0.15) is 0 Å². The summed E-state index contributed by atoms with van der Waals surface area (Å²) in [6.07, 6.45) is 4.66. The molecule has 0 amide bonds. The van der Waals surface area contributed by atoms with Gasteiger partial charge in [-0.05, 0) is 148 Å². The van der Waals surface area contributed by atoms with E-state index in [1.54, 1.807) is 0 Å². The van der Waals surface area contributed by atoms with Crippen molar-refractivity contribution in [2.75, 3.05) is 14.7 Å². The van der Waals surface area contributed by atoms with Crippen LogP contribution in [0.15, 0.2) is 243 Å². The third-order valence-corrected chi connectivity index (χ3v) is 22.3. The van der Waals surface area contributed by atoms with E-state index in [9.17, 15) is 0 Å². The molecule has 2 atom stereocenters. The van der Waals surface area contributed by atoms with Crippen LogP contribution >= 0.6 is 22.7 Å². The topological polar surface area (TPSA) is 9.72 Å². The molecule has 0 bridgehead atoms. The van der Waals surface area contributed by atoms with Gasteiger partial charge in [-0.2, -0.15) is 0 Å². The van der Waals surface area contributed by atoms with Crippen molar-refractivity contribution >= 4 is 132 Å². The highest BCUT2D eigenvalue weighted by molar-refractivity contribution is 7.26. The molecular formula is C75H54BN3S2. The standard InChI is InChI=1S/C75H54BN3S2/c1-73-40-16-17-41-74(73,2)79(61-39-34-48(42-60(61)73)47-20-6-3-7-21-47)53-43-64-72-65(44-53)78(52-36-38-57-55-27-13-15-33-67(55)81-69(57)46-52)63-31-19-29-59-71(63)76(72)70-58(75(59,49-22-8-4-9-23-49)50-24-10-5-11-25-50)28-18-30-62(70)77(64)51-35-37-56-54-26-12-14-32-66(54)80-68(56)45-51/h3-15,18-39,42-46H,16-17,40-41H2,1-2H3. The second-order valence-electron chi connectivity index (χ2n) is 23.8. The van der Waals surface area contributed by atoms with Gasteiger partial charge < -0.3 is 14.7 Å². The highest BCUT2D eigenvalue weighted by Gasteiger charge is 2.59. The lowest BCUT2D eigenvalue weighted by molar-refractivity contribution is 0.195. The quantitative estimate of drug-likeness (QED) is 0.154. The van der Waals surface area contributed by atoms with Gasteiger partial charge in [0.25, 0.3) is 6.71 Å². The van der Waals surface area contributed by atoms with Crippen LogP contribution < -0.4 is 31.1 Å². The fraction of sp³-hybridized carbons (Fsp3) is 0.120. The van der Waals surface area contributed by atoms with Crippen LogP contribution in [0.2, 0.25) is 0 Å². The molecule has 2 aromatic heterocycles. The zero-order chi connectivity index (χ0) is 53.3. The van der Waals surface area contributed by atoms with Crippen molar-refractivity contribution in [1.29, 1.82) is 0 Å². The SMILES string of the molecule is CC12CCCCC1(C)N(c1cc3c4c(c1)N(c1ccc5c(c1)sc1ccccc15)c1cccc5c1B4c1c(cccc1C5(c1ccccc1)c1ccccc1)N3c1ccc3c(c1)sc1ccccc13)c1ccc(-c3ccccc3)cc12. The first-order valence-electron chi connectivity index (χ1n) is 28.9. The average molecular weight is 1070 g/mol. The van der Waals surface area contributed by atoms with E-state index in [1.807, 2.05) is 22.7 Å². The third kappa shape index (κ3) is 6.04. The van der Waals surface area contributed by atoms with Crippen LogP contribution in [0.1, 0.15) is 67.3 Å². The second-order valence-corrected chi connectivity index (χ2v) is 25.9. The number of anilines is 8. The van der Waals surface area contributed by atoms with Gasteiger partial charge in [0.15, 0.2) is 0 Å². The van der Waals surface area contributed by atoms with E-state index in [2.05, 4.69) is 271 Å². The Kier molecular flexibility index (Phi) is 9.51. The maximum Gasteiger partial charge on any atom is 0.253 e. The Bertz CT molecular complexity index is 4560. The minimum Gasteiger partial charge on any atom is -0.334 e. The van der Waals surface area contributed by atoms with Gasteiger partial charge in [0.2, 0.25) is 0 Å². The number of fused-ring (bicyclic) bond motifs is 9. The summed E-state index contributed by atoms with van der Waals surface area (Å²) in [6, 6.07) is 93.4. The molecule has 0 spiro atoms. The molecule has 81 heavy (non-hydrogen) atoms. The Morgan fingerprint density at radius 2 is 0.864 bits per heavy atom. The highest BCUT2D eigenvalue weighted by atomic mass is 32.1. The molecule has 0 N–H and O–H groups in total. The van der Waals surface area contributed by atoms with E-state index < -0.39 is 5.41 Å². The Hall–Kier alpha value is -8.68. The summed E-state index contributed by atoms with van der Waals surface area (Å²) in [5.41, 5.74) is 22.4. The molecule has 2 unspecified atom stereocenters. The Balaban J connectivity index is 0.983. The molecule has 6 heteroatoms. The average Bonchev–Trinajstić information content (AvgIpc) is 4.07. The molecule has 1 fully saturated rings. The van der Waals surface area contributed by atoms with Crippen molar-refractivity contribution < 1.29 is 0 Å². The molecule has 4 aliphatic heterocycles. The van der Waals surface area contributed by atoms with Crippen LogP contribution in [0, 0.1) is 0 Å². The van der Waals surface area contributed by atoms with Crippen LogP contribution in [-0.4, -0.2) is 12.3 Å². The van der Waals surface area contributed by atoms with Crippen molar-refractivity contribution in [3.63, 3.8) is 0 Å². The molecule has 0 saturated heterocycles. The summed E-state index contributed by atoms with van der Waals surface area (Å²) in [5.74, 6) is 0. The van der Waals surface area contributed by atoms with Gasteiger partial charge in [-0.25, -0.2) is 0 Å². The lowest BCUT2D eigenvalue weighted by atomic mass is 9.28. The zero-order valence-corrected chi connectivity index (χ0v) is 46.8. The van der Waals surface area contributed by atoms with Crippen molar-refractivity contribution in [2.24, 2.45) is 0 Å². The van der Waals surface area contributed by atoms with Crippen molar-refractivity contribution in [1.82, 2.24) is 0 Å². The predicted octanol–water partition coefficient (Wildman–Crippen LogP) is 18.6. The third-order valence-electron chi connectivity index (χ3n) is 20.0. The number of rotatable bonds is 6.